The van der Waals surface area contributed by atoms with Crippen molar-refractivity contribution in [3.05, 3.63) is 91.0 Å². The Morgan fingerprint density at radius 2 is 0.976 bits per heavy atom. The van der Waals surface area contributed by atoms with Crippen LogP contribution >= 0.6 is 23.2 Å². The lowest BCUT2D eigenvalue weighted by Crippen LogP contribution is -2.12. The molecular weight excluding hydrogens is 587 g/mol. The average molecular weight is 626 g/mol. The minimum absolute atomic E-state index is 0.0133. The molecule has 0 saturated carbocycles. The van der Waals surface area contributed by atoms with Gasteiger partial charge in [0.1, 0.15) is 10.0 Å². The maximum absolute atomic E-state index is 14.1. The number of benzene rings is 2. The molecule has 224 valence electrons. The molecule has 0 aromatic heterocycles. The zero-order valence-corrected chi connectivity index (χ0v) is 25.6. The highest BCUT2D eigenvalue weighted by Gasteiger charge is 2.34. The molecule has 2 aromatic carbocycles. The lowest BCUT2D eigenvalue weighted by atomic mass is 10.0. The molecule has 0 unspecified atom stereocenters. The maximum Gasteiger partial charge on any atom is 0.292 e. The van der Waals surface area contributed by atoms with Gasteiger partial charge < -0.3 is 0 Å². The fourth-order valence-corrected chi connectivity index (χ4v) is 7.19. The average Bonchev–Trinajstić information content (AvgIpc) is 2.91. The first-order valence-corrected chi connectivity index (χ1v) is 16.2. The minimum atomic E-state index is -4.40. The predicted octanol–water partition coefficient (Wildman–Crippen LogP) is 9.78. The van der Waals surface area contributed by atoms with Gasteiger partial charge in [0.2, 0.25) is 9.84 Å². The van der Waals surface area contributed by atoms with Crippen molar-refractivity contribution in [2.75, 3.05) is 0 Å². The Kier molecular flexibility index (Phi) is 14.5. The molecule has 0 saturated heterocycles. The van der Waals surface area contributed by atoms with E-state index in [1.54, 1.807) is 0 Å². The van der Waals surface area contributed by atoms with Crippen molar-refractivity contribution in [1.82, 2.24) is 0 Å². The molecule has 0 bridgehead atoms. The molecule has 0 amide bonds. The van der Waals surface area contributed by atoms with Crippen LogP contribution in [0, 0.1) is 20.2 Å². The Labute approximate surface area is 252 Å². The van der Waals surface area contributed by atoms with E-state index in [9.17, 15) is 28.6 Å². The van der Waals surface area contributed by atoms with Crippen LogP contribution in [0.2, 0.25) is 10.0 Å². The molecule has 11 heteroatoms. The molecule has 0 aliphatic rings. The summed E-state index contributed by atoms with van der Waals surface area (Å²) in [6.45, 7) is 7.41. The number of nitrogens with zero attached hydrogens (tertiary/aromatic N) is 2. The van der Waals surface area contributed by atoms with E-state index in [1.807, 2.05) is 12.2 Å². The summed E-state index contributed by atoms with van der Waals surface area (Å²) in [5, 5.41) is 23.7. The number of rotatable bonds is 20. The number of unbranched alkanes of at least 4 members (excludes halogenated alkanes) is 10. The van der Waals surface area contributed by atoms with Crippen molar-refractivity contribution in [3.63, 3.8) is 0 Å². The van der Waals surface area contributed by atoms with Crippen molar-refractivity contribution in [3.8, 4) is 0 Å². The predicted molar refractivity (Wildman–Crippen MR) is 165 cm³/mol. The van der Waals surface area contributed by atoms with Gasteiger partial charge in [0, 0.05) is 0 Å². The van der Waals surface area contributed by atoms with Crippen LogP contribution in [-0.2, 0) is 22.7 Å². The Morgan fingerprint density at radius 1 is 0.634 bits per heavy atom. The summed E-state index contributed by atoms with van der Waals surface area (Å²) in [6, 6.07) is 4.90. The third-order valence-corrected chi connectivity index (χ3v) is 9.53. The molecular formula is C30H38Cl2N2O6S. The Balaban J connectivity index is 2.49. The second kappa shape index (κ2) is 17.3. The second-order valence-corrected chi connectivity index (χ2v) is 12.7. The molecule has 2 aromatic rings. The molecule has 2 rings (SSSR count). The Hall–Kier alpha value is -2.75. The molecule has 0 atom stereocenters. The molecule has 0 aliphatic carbocycles. The van der Waals surface area contributed by atoms with Gasteiger partial charge in [0.25, 0.3) is 11.4 Å². The first-order valence-electron chi connectivity index (χ1n) is 14.0. The van der Waals surface area contributed by atoms with E-state index in [4.69, 9.17) is 23.2 Å². The van der Waals surface area contributed by atoms with Crippen LogP contribution in [0.25, 0.3) is 0 Å². The van der Waals surface area contributed by atoms with Crippen LogP contribution in [0.15, 0.2) is 59.4 Å². The molecule has 0 N–H and O–H groups in total. The van der Waals surface area contributed by atoms with Crippen LogP contribution in [0.4, 0.5) is 11.4 Å². The van der Waals surface area contributed by atoms with Crippen LogP contribution < -0.4 is 0 Å². The van der Waals surface area contributed by atoms with Gasteiger partial charge in [-0.15, -0.1) is 13.2 Å². The fourth-order valence-electron chi connectivity index (χ4n) is 4.92. The first-order chi connectivity index (χ1) is 19.6. The first kappa shape index (κ1) is 34.5. The third kappa shape index (κ3) is 9.65. The molecule has 0 aliphatic heterocycles. The summed E-state index contributed by atoms with van der Waals surface area (Å²) in [5.41, 5.74) is -0.883. The molecule has 0 fully saturated rings. The molecule has 0 heterocycles. The number of sulfone groups is 1. The summed E-state index contributed by atoms with van der Waals surface area (Å²) in [6.07, 6.45) is 14.1. The SMILES string of the molecule is C=CCCCCCCCc1c(S(=O)(=O)c2ccc(Cl)c([N+](=O)[O-])c2CCCCCCCC=C)ccc(Cl)c1[N+](=O)[O-]. The van der Waals surface area contributed by atoms with E-state index in [2.05, 4.69) is 13.2 Å². The lowest BCUT2D eigenvalue weighted by molar-refractivity contribution is -0.385. The summed E-state index contributed by atoms with van der Waals surface area (Å²) >= 11 is 12.4. The van der Waals surface area contributed by atoms with Gasteiger partial charge in [0.15, 0.2) is 0 Å². The molecule has 0 spiro atoms. The summed E-state index contributed by atoms with van der Waals surface area (Å²) in [4.78, 5) is 22.1. The summed E-state index contributed by atoms with van der Waals surface area (Å²) < 4.78 is 28.2. The normalized spacial score (nSPS) is 11.4. The minimum Gasteiger partial charge on any atom is -0.258 e. The van der Waals surface area contributed by atoms with E-state index >= 15 is 0 Å². The van der Waals surface area contributed by atoms with Crippen LogP contribution in [0.3, 0.4) is 0 Å². The van der Waals surface area contributed by atoms with Crippen molar-refractivity contribution in [1.29, 1.82) is 0 Å². The van der Waals surface area contributed by atoms with Gasteiger partial charge in [-0.05, 0) is 75.6 Å². The van der Waals surface area contributed by atoms with Crippen molar-refractivity contribution >= 4 is 44.4 Å². The summed E-state index contributed by atoms with van der Waals surface area (Å²) in [5.74, 6) is 0. The van der Waals surface area contributed by atoms with Crippen LogP contribution in [0.1, 0.15) is 88.2 Å². The quantitative estimate of drug-likeness (QED) is 0.0625. The monoisotopic (exact) mass is 624 g/mol. The zero-order valence-electron chi connectivity index (χ0n) is 23.3. The number of halogens is 2. The Morgan fingerprint density at radius 3 is 1.32 bits per heavy atom. The lowest BCUT2D eigenvalue weighted by Gasteiger charge is -2.16. The van der Waals surface area contributed by atoms with Gasteiger partial charge in [0.05, 0.1) is 30.8 Å². The van der Waals surface area contributed by atoms with E-state index in [-0.39, 0.29) is 43.8 Å². The standard InChI is InChI=1S/C30H38Cl2N2O6S/c1-3-5-7-9-11-13-15-17-23-27(21-19-25(31)29(23)33(35)36)41(39,40)28-22-20-26(32)30(34(37)38)24(28)18-16-14-12-10-8-6-4-2/h3-4,19-22H,1-2,5-18H2. The highest BCUT2D eigenvalue weighted by Crippen LogP contribution is 2.41. The number of hydrogen-bond acceptors (Lipinski definition) is 6. The highest BCUT2D eigenvalue weighted by atomic mass is 35.5. The number of allylic oxidation sites excluding steroid dienone is 2. The van der Waals surface area contributed by atoms with Gasteiger partial charge in [-0.25, -0.2) is 8.42 Å². The molecule has 0 radical (unpaired) electrons. The van der Waals surface area contributed by atoms with Crippen LogP contribution in [-0.4, -0.2) is 18.3 Å². The smallest absolute Gasteiger partial charge is 0.258 e. The van der Waals surface area contributed by atoms with Gasteiger partial charge in [-0.2, -0.15) is 0 Å². The zero-order chi connectivity index (χ0) is 30.4. The van der Waals surface area contributed by atoms with E-state index in [0.29, 0.717) is 12.8 Å². The maximum atomic E-state index is 14.1. The van der Waals surface area contributed by atoms with Gasteiger partial charge in [-0.1, -0.05) is 73.9 Å². The van der Waals surface area contributed by atoms with E-state index < -0.39 is 31.1 Å². The molecule has 8 nitrogen and oxygen atoms in total. The topological polar surface area (TPSA) is 120 Å². The third-order valence-electron chi connectivity index (χ3n) is 7.00. The largest absolute Gasteiger partial charge is 0.292 e. The van der Waals surface area contributed by atoms with Crippen molar-refractivity contribution < 1.29 is 18.3 Å². The number of nitro groups is 2. The van der Waals surface area contributed by atoms with Crippen LogP contribution in [0.5, 0.6) is 0 Å². The fraction of sp³-hybridized carbons (Fsp3) is 0.467. The van der Waals surface area contributed by atoms with E-state index in [1.165, 1.54) is 24.3 Å². The number of hydrogen-bond donors (Lipinski definition) is 0. The van der Waals surface area contributed by atoms with Crippen molar-refractivity contribution in [2.45, 2.75) is 99.7 Å². The van der Waals surface area contributed by atoms with Gasteiger partial charge in [-0.3, -0.25) is 20.2 Å². The van der Waals surface area contributed by atoms with Crippen molar-refractivity contribution in [2.24, 2.45) is 0 Å². The number of nitro benzene ring substituents is 2. The summed E-state index contributed by atoms with van der Waals surface area (Å²) in [7, 11) is -4.40. The Bertz CT molecular complexity index is 1250. The second-order valence-electron chi connectivity index (χ2n) is 9.95. The highest BCUT2D eigenvalue weighted by molar-refractivity contribution is 7.91. The van der Waals surface area contributed by atoms with E-state index in [0.717, 1.165) is 64.2 Å². The molecule has 41 heavy (non-hydrogen) atoms. The van der Waals surface area contributed by atoms with Gasteiger partial charge >= 0.3 is 0 Å².